The molecule has 0 spiro atoms. The third-order valence-electron chi connectivity index (χ3n) is 6.24. The van der Waals surface area contributed by atoms with Crippen molar-refractivity contribution in [2.45, 2.75) is 63.9 Å². The van der Waals surface area contributed by atoms with Crippen molar-refractivity contribution in [1.82, 2.24) is 0 Å². The van der Waals surface area contributed by atoms with Gasteiger partial charge < -0.3 is 29.5 Å². The summed E-state index contributed by atoms with van der Waals surface area (Å²) in [5, 5.41) is 33.3. The van der Waals surface area contributed by atoms with Crippen molar-refractivity contribution in [3.63, 3.8) is 0 Å². The Labute approximate surface area is 206 Å². The first-order chi connectivity index (χ1) is 16.5. The Balaban J connectivity index is 2.21. The fourth-order valence-electron chi connectivity index (χ4n) is 4.25. The van der Waals surface area contributed by atoms with Crippen LogP contribution in [0.3, 0.4) is 0 Å². The lowest BCUT2D eigenvalue weighted by Gasteiger charge is -2.44. The van der Waals surface area contributed by atoms with Crippen LogP contribution in [0.5, 0.6) is 17.2 Å². The molecular weight excluding hydrogens is 476 g/mol. The van der Waals surface area contributed by atoms with Crippen molar-refractivity contribution in [1.29, 1.82) is 0 Å². The number of hydrogen-bond acceptors (Lipinski definition) is 11. The highest BCUT2D eigenvalue weighted by Crippen LogP contribution is 2.46. The molecule has 36 heavy (non-hydrogen) atoms. The van der Waals surface area contributed by atoms with Crippen LogP contribution >= 0.6 is 0 Å². The molecular formula is C25H26O11. The predicted molar refractivity (Wildman–Crippen MR) is 121 cm³/mol. The van der Waals surface area contributed by atoms with Gasteiger partial charge >= 0.3 is 11.9 Å². The molecule has 0 saturated carbocycles. The minimum Gasteiger partial charge on any atom is -0.482 e. The quantitative estimate of drug-likeness (QED) is 0.360. The van der Waals surface area contributed by atoms with Crippen LogP contribution in [0.1, 0.15) is 40.2 Å². The van der Waals surface area contributed by atoms with Gasteiger partial charge in [0.2, 0.25) is 0 Å². The van der Waals surface area contributed by atoms with Crippen molar-refractivity contribution in [2.24, 2.45) is 0 Å². The summed E-state index contributed by atoms with van der Waals surface area (Å²) < 4.78 is 16.2. The van der Waals surface area contributed by atoms with Crippen molar-refractivity contribution in [2.75, 3.05) is 0 Å². The number of fused-ring (bicyclic) bond motifs is 1. The fourth-order valence-corrected chi connectivity index (χ4v) is 4.25. The number of benzene rings is 1. The molecule has 3 N–H and O–H groups in total. The minimum absolute atomic E-state index is 0.0195. The lowest BCUT2D eigenvalue weighted by molar-refractivity contribution is -0.162. The molecule has 3 rings (SSSR count). The molecule has 192 valence electrons. The van der Waals surface area contributed by atoms with Gasteiger partial charge in [0, 0.05) is 38.0 Å². The van der Waals surface area contributed by atoms with E-state index in [1.807, 2.05) is 0 Å². The number of Topliss-reactive ketones (excluding diaryl/α,β-unsaturated/α-hetero) is 3. The molecule has 0 amide bonds. The zero-order valence-electron chi connectivity index (χ0n) is 20.3. The van der Waals surface area contributed by atoms with Gasteiger partial charge in [-0.1, -0.05) is 6.08 Å². The second kappa shape index (κ2) is 9.08. The van der Waals surface area contributed by atoms with E-state index >= 15 is 0 Å². The van der Waals surface area contributed by atoms with Gasteiger partial charge in [-0.15, -0.1) is 0 Å². The first kappa shape index (κ1) is 26.9. The second-order valence-corrected chi connectivity index (χ2v) is 8.86. The second-order valence-electron chi connectivity index (χ2n) is 8.86. The topological polar surface area (TPSA) is 174 Å². The molecule has 11 heteroatoms. The van der Waals surface area contributed by atoms with Gasteiger partial charge in [-0.3, -0.25) is 24.0 Å². The predicted octanol–water partition coefficient (Wildman–Crippen LogP) is 0.297. The van der Waals surface area contributed by atoms with Crippen LogP contribution in [0.25, 0.3) is 0 Å². The molecule has 4 atom stereocenters. The van der Waals surface area contributed by atoms with E-state index in [4.69, 9.17) is 14.2 Å². The van der Waals surface area contributed by atoms with E-state index in [1.54, 1.807) is 0 Å². The van der Waals surface area contributed by atoms with Gasteiger partial charge in [0.15, 0.2) is 40.3 Å². The van der Waals surface area contributed by atoms with E-state index in [-0.39, 0.29) is 28.4 Å². The van der Waals surface area contributed by atoms with Crippen molar-refractivity contribution < 1.29 is 53.5 Å². The van der Waals surface area contributed by atoms with Crippen molar-refractivity contribution in [3.8, 4) is 17.2 Å². The number of hydrogen-bond donors (Lipinski definition) is 3. The zero-order valence-corrected chi connectivity index (χ0v) is 20.3. The van der Waals surface area contributed by atoms with Crippen LogP contribution in [0.15, 0.2) is 35.9 Å². The maximum atomic E-state index is 12.7. The van der Waals surface area contributed by atoms with Gasteiger partial charge in [-0.25, -0.2) is 0 Å². The van der Waals surface area contributed by atoms with E-state index in [9.17, 15) is 39.3 Å². The Hall–Kier alpha value is -3.67. The highest BCUT2D eigenvalue weighted by Gasteiger charge is 2.57. The standard InChI is InChI=1S/C25H26O11/c1-12(26)23(31)11-19-20(35-16(5)30)8-18(34-15(4)29)9-21(19)36-22(23)17-6-7-24(32,13(2)27)25(33,10-17)14(3)28/h6-10,22,31-33H,11H2,1-5H3. The average Bonchev–Trinajstić information content (AvgIpc) is 2.74. The number of ether oxygens (including phenoxy) is 3. The van der Waals surface area contributed by atoms with Crippen LogP contribution in [-0.4, -0.2) is 67.5 Å². The normalized spacial score (nSPS) is 28.8. The molecule has 11 nitrogen and oxygen atoms in total. The molecule has 1 heterocycles. The first-order valence-corrected chi connectivity index (χ1v) is 10.9. The molecule has 1 aromatic carbocycles. The van der Waals surface area contributed by atoms with E-state index in [2.05, 4.69) is 0 Å². The minimum atomic E-state index is -2.72. The third kappa shape index (κ3) is 4.36. The van der Waals surface area contributed by atoms with Crippen LogP contribution in [-0.2, 0) is 30.4 Å². The molecule has 0 fully saturated rings. The highest BCUT2D eigenvalue weighted by atomic mass is 16.6. The van der Waals surface area contributed by atoms with E-state index in [0.717, 1.165) is 52.8 Å². The van der Waals surface area contributed by atoms with Gasteiger partial charge in [-0.2, -0.15) is 0 Å². The lowest BCUT2D eigenvalue weighted by Crippen LogP contribution is -2.63. The number of aliphatic hydroxyl groups is 3. The monoisotopic (exact) mass is 502 g/mol. The van der Waals surface area contributed by atoms with Crippen molar-refractivity contribution in [3.05, 3.63) is 41.5 Å². The van der Waals surface area contributed by atoms with Crippen LogP contribution in [0.2, 0.25) is 0 Å². The van der Waals surface area contributed by atoms with Crippen molar-refractivity contribution >= 4 is 29.3 Å². The van der Waals surface area contributed by atoms with E-state index in [0.29, 0.717) is 0 Å². The number of rotatable bonds is 6. The molecule has 0 saturated heterocycles. The largest absolute Gasteiger partial charge is 0.482 e. The van der Waals surface area contributed by atoms with E-state index < -0.39 is 58.6 Å². The maximum absolute atomic E-state index is 12.7. The van der Waals surface area contributed by atoms with Crippen LogP contribution < -0.4 is 14.2 Å². The third-order valence-corrected chi connectivity index (χ3v) is 6.24. The molecule has 1 aromatic rings. The summed E-state index contributed by atoms with van der Waals surface area (Å²) in [5.74, 6) is -4.24. The summed E-state index contributed by atoms with van der Waals surface area (Å²) >= 11 is 0. The molecule has 2 aliphatic rings. The summed E-state index contributed by atoms with van der Waals surface area (Å²) in [6.07, 6.45) is 0.949. The SMILES string of the molecule is CC(=O)Oc1cc(OC(C)=O)c2c(c1)OC(C1=CC(O)(C(C)=O)C(O)(C(C)=O)C=C1)C(O)(C(C)=O)C2. The Morgan fingerprint density at radius 1 is 0.861 bits per heavy atom. The number of esters is 2. The Morgan fingerprint density at radius 3 is 1.94 bits per heavy atom. The molecule has 1 aliphatic heterocycles. The summed E-state index contributed by atoms with van der Waals surface area (Å²) in [6, 6.07) is 2.51. The Kier molecular flexibility index (Phi) is 6.79. The van der Waals surface area contributed by atoms with Gasteiger partial charge in [0.25, 0.3) is 0 Å². The van der Waals surface area contributed by atoms with Gasteiger partial charge in [-0.05, 0) is 38.5 Å². The molecule has 0 bridgehead atoms. The van der Waals surface area contributed by atoms with Gasteiger partial charge in [0.1, 0.15) is 17.2 Å². The first-order valence-electron chi connectivity index (χ1n) is 10.9. The van der Waals surface area contributed by atoms with E-state index in [1.165, 1.54) is 12.1 Å². The van der Waals surface area contributed by atoms with Crippen LogP contribution in [0.4, 0.5) is 0 Å². The fraction of sp³-hybridized carbons (Fsp3) is 0.400. The smallest absolute Gasteiger partial charge is 0.308 e. The zero-order chi connectivity index (χ0) is 27.2. The molecule has 4 unspecified atom stereocenters. The summed E-state index contributed by atoms with van der Waals surface area (Å²) in [5.41, 5.74) is -7.56. The number of ketones is 3. The summed E-state index contributed by atoms with van der Waals surface area (Å²) in [6.45, 7) is 5.33. The Bertz CT molecular complexity index is 1240. The molecule has 0 aromatic heterocycles. The average molecular weight is 502 g/mol. The van der Waals surface area contributed by atoms with Gasteiger partial charge in [0.05, 0.1) is 0 Å². The molecule has 1 aliphatic carbocycles. The Morgan fingerprint density at radius 2 is 1.44 bits per heavy atom. The number of carbonyl (C=O) groups is 5. The highest BCUT2D eigenvalue weighted by molar-refractivity contribution is 6.01. The molecule has 0 radical (unpaired) electrons. The summed E-state index contributed by atoms with van der Waals surface area (Å²) in [4.78, 5) is 60.3. The lowest BCUT2D eigenvalue weighted by atomic mass is 9.70. The number of carbonyl (C=O) groups excluding carboxylic acids is 5. The maximum Gasteiger partial charge on any atom is 0.308 e. The van der Waals surface area contributed by atoms with Crippen LogP contribution in [0, 0.1) is 0 Å². The summed E-state index contributed by atoms with van der Waals surface area (Å²) in [7, 11) is 0.